The fourth-order valence-electron chi connectivity index (χ4n) is 3.33. The van der Waals surface area contributed by atoms with E-state index >= 15 is 0 Å². The van der Waals surface area contributed by atoms with E-state index in [4.69, 9.17) is 0 Å². The average molecular weight is 368 g/mol. The summed E-state index contributed by atoms with van der Waals surface area (Å²) in [6.45, 7) is 7.57. The highest BCUT2D eigenvalue weighted by Gasteiger charge is 2.32. The van der Waals surface area contributed by atoms with E-state index in [2.05, 4.69) is 10.4 Å². The third kappa shape index (κ3) is 4.76. The Kier molecular flexibility index (Phi) is 5.63. The van der Waals surface area contributed by atoms with Crippen molar-refractivity contribution < 1.29 is 9.59 Å². The Labute approximate surface area is 160 Å². The monoisotopic (exact) mass is 368 g/mol. The van der Waals surface area contributed by atoms with E-state index in [1.165, 1.54) is 0 Å². The van der Waals surface area contributed by atoms with Crippen molar-refractivity contribution in [2.75, 3.05) is 13.1 Å². The van der Waals surface area contributed by atoms with Crippen molar-refractivity contribution in [1.82, 2.24) is 20.0 Å². The predicted octanol–water partition coefficient (Wildman–Crippen LogP) is 2.77. The highest BCUT2D eigenvalue weighted by molar-refractivity contribution is 5.82. The van der Waals surface area contributed by atoms with Crippen LogP contribution in [0, 0.1) is 11.3 Å². The Morgan fingerprint density at radius 2 is 1.81 bits per heavy atom. The highest BCUT2D eigenvalue weighted by Crippen LogP contribution is 2.23. The number of likely N-dealkylation sites (tertiary alicyclic amines) is 1. The Morgan fingerprint density at radius 3 is 2.44 bits per heavy atom. The number of nitrogens with one attached hydrogen (secondary N) is 1. The van der Waals surface area contributed by atoms with Crippen LogP contribution in [0.4, 0.5) is 0 Å². The number of carbonyl (C=O) groups is 2. The van der Waals surface area contributed by atoms with E-state index in [0.29, 0.717) is 19.6 Å². The molecule has 0 radical (unpaired) electrons. The van der Waals surface area contributed by atoms with E-state index in [1.807, 2.05) is 62.2 Å². The molecule has 0 spiro atoms. The van der Waals surface area contributed by atoms with Gasteiger partial charge >= 0.3 is 0 Å². The van der Waals surface area contributed by atoms with Gasteiger partial charge < -0.3 is 10.2 Å². The highest BCUT2D eigenvalue weighted by atomic mass is 16.2. The van der Waals surface area contributed by atoms with Crippen LogP contribution in [0.2, 0.25) is 0 Å². The van der Waals surface area contributed by atoms with Crippen molar-refractivity contribution in [1.29, 1.82) is 0 Å². The van der Waals surface area contributed by atoms with Gasteiger partial charge in [0, 0.05) is 42.7 Å². The van der Waals surface area contributed by atoms with Crippen molar-refractivity contribution in [3.05, 3.63) is 48.3 Å². The van der Waals surface area contributed by atoms with Gasteiger partial charge in [-0.05, 0) is 25.0 Å². The van der Waals surface area contributed by atoms with Crippen LogP contribution in [0.1, 0.15) is 39.2 Å². The number of hydrogen-bond acceptors (Lipinski definition) is 3. The molecule has 2 aromatic rings. The number of carbonyl (C=O) groups excluding carboxylic acids is 2. The normalized spacial score (nSPS) is 15.6. The maximum absolute atomic E-state index is 12.5. The van der Waals surface area contributed by atoms with Crippen molar-refractivity contribution in [3.63, 3.8) is 0 Å². The Hall–Kier alpha value is -2.63. The Morgan fingerprint density at radius 1 is 1.15 bits per heavy atom. The van der Waals surface area contributed by atoms with Crippen molar-refractivity contribution in [2.45, 2.75) is 40.2 Å². The lowest BCUT2D eigenvalue weighted by molar-refractivity contribution is -0.142. The van der Waals surface area contributed by atoms with Gasteiger partial charge in [-0.25, -0.2) is 4.68 Å². The van der Waals surface area contributed by atoms with Crippen LogP contribution in [-0.4, -0.2) is 39.6 Å². The lowest BCUT2D eigenvalue weighted by Crippen LogP contribution is -2.46. The quantitative estimate of drug-likeness (QED) is 0.902. The zero-order valence-electron chi connectivity index (χ0n) is 16.3. The summed E-state index contributed by atoms with van der Waals surface area (Å²) in [5, 5.41) is 7.36. The van der Waals surface area contributed by atoms with Gasteiger partial charge in [-0.1, -0.05) is 39.0 Å². The molecule has 0 unspecified atom stereocenters. The lowest BCUT2D eigenvalue weighted by atomic mass is 9.90. The second kappa shape index (κ2) is 7.94. The molecule has 0 bridgehead atoms. The van der Waals surface area contributed by atoms with Crippen LogP contribution in [-0.2, 0) is 16.1 Å². The third-order valence-electron chi connectivity index (χ3n) is 4.92. The molecule has 0 atom stereocenters. The molecular weight excluding hydrogens is 340 g/mol. The maximum atomic E-state index is 12.5. The molecular formula is C21H28N4O2. The smallest absolute Gasteiger partial charge is 0.227 e. The standard InChI is InChI=1S/C21H28N4O2/c1-21(2,3)20(27)24-11-9-17(10-12-24)19(26)22-13-16-14-23-25(15-16)18-7-5-4-6-8-18/h4-8,14-15,17H,9-13H2,1-3H3,(H,22,26). The Balaban J connectivity index is 1.48. The third-order valence-corrected chi connectivity index (χ3v) is 4.92. The molecule has 1 aromatic carbocycles. The number of piperidine rings is 1. The molecule has 0 aliphatic carbocycles. The van der Waals surface area contributed by atoms with Gasteiger partial charge in [0.2, 0.25) is 11.8 Å². The second-order valence-corrected chi connectivity index (χ2v) is 8.16. The molecule has 1 aliphatic rings. The van der Waals surface area contributed by atoms with Gasteiger partial charge in [-0.2, -0.15) is 5.10 Å². The van der Waals surface area contributed by atoms with Crippen molar-refractivity contribution in [2.24, 2.45) is 11.3 Å². The molecule has 6 nitrogen and oxygen atoms in total. The molecule has 144 valence electrons. The topological polar surface area (TPSA) is 67.2 Å². The van der Waals surface area contributed by atoms with Crippen molar-refractivity contribution >= 4 is 11.8 Å². The van der Waals surface area contributed by atoms with Crippen LogP contribution in [0.25, 0.3) is 5.69 Å². The van der Waals surface area contributed by atoms with Crippen LogP contribution in [0.15, 0.2) is 42.7 Å². The largest absolute Gasteiger partial charge is 0.352 e. The summed E-state index contributed by atoms with van der Waals surface area (Å²) in [7, 11) is 0. The second-order valence-electron chi connectivity index (χ2n) is 8.16. The van der Waals surface area contributed by atoms with Crippen LogP contribution >= 0.6 is 0 Å². The maximum Gasteiger partial charge on any atom is 0.227 e. The first-order valence-electron chi connectivity index (χ1n) is 9.50. The number of aromatic nitrogens is 2. The number of benzene rings is 1. The minimum absolute atomic E-state index is 0.0295. The molecule has 1 fully saturated rings. The molecule has 0 saturated carbocycles. The van der Waals surface area contributed by atoms with Crippen LogP contribution in [0.3, 0.4) is 0 Å². The number of amides is 2. The Bertz CT molecular complexity index is 784. The van der Waals surface area contributed by atoms with E-state index in [-0.39, 0.29) is 23.1 Å². The summed E-state index contributed by atoms with van der Waals surface area (Å²) in [4.78, 5) is 26.7. The van der Waals surface area contributed by atoms with Gasteiger partial charge in [0.1, 0.15) is 0 Å². The molecule has 1 aromatic heterocycles. The van der Waals surface area contributed by atoms with Gasteiger partial charge in [0.15, 0.2) is 0 Å². The van der Waals surface area contributed by atoms with Crippen molar-refractivity contribution in [3.8, 4) is 5.69 Å². The van der Waals surface area contributed by atoms with Gasteiger partial charge in [-0.3, -0.25) is 9.59 Å². The van der Waals surface area contributed by atoms with E-state index < -0.39 is 0 Å². The minimum atomic E-state index is -0.367. The summed E-state index contributed by atoms with van der Waals surface area (Å²) in [5.41, 5.74) is 1.59. The molecule has 1 N–H and O–H groups in total. The molecule has 27 heavy (non-hydrogen) atoms. The fraction of sp³-hybridized carbons (Fsp3) is 0.476. The van der Waals surface area contributed by atoms with E-state index in [0.717, 1.165) is 24.1 Å². The molecule has 3 rings (SSSR count). The molecule has 1 aliphatic heterocycles. The molecule has 2 heterocycles. The summed E-state index contributed by atoms with van der Waals surface area (Å²) in [6.07, 6.45) is 5.14. The molecule has 1 saturated heterocycles. The van der Waals surface area contributed by atoms with E-state index in [9.17, 15) is 9.59 Å². The molecule has 6 heteroatoms. The fourth-order valence-corrected chi connectivity index (χ4v) is 3.33. The average Bonchev–Trinajstić information content (AvgIpc) is 3.15. The molecule has 2 amide bonds. The van der Waals surface area contributed by atoms with Gasteiger partial charge in [-0.15, -0.1) is 0 Å². The van der Waals surface area contributed by atoms with Crippen LogP contribution < -0.4 is 5.32 Å². The zero-order chi connectivity index (χ0) is 19.4. The SMILES string of the molecule is CC(C)(C)C(=O)N1CCC(C(=O)NCc2cnn(-c3ccccc3)c2)CC1. The first-order chi connectivity index (χ1) is 12.8. The number of nitrogens with zero attached hydrogens (tertiary/aromatic N) is 3. The van der Waals surface area contributed by atoms with Gasteiger partial charge in [0.25, 0.3) is 0 Å². The number of rotatable bonds is 4. The predicted molar refractivity (Wildman–Crippen MR) is 104 cm³/mol. The first-order valence-corrected chi connectivity index (χ1v) is 9.50. The summed E-state index contributed by atoms with van der Waals surface area (Å²) in [5.74, 6) is 0.193. The lowest BCUT2D eigenvalue weighted by Gasteiger charge is -2.35. The zero-order valence-corrected chi connectivity index (χ0v) is 16.3. The number of hydrogen-bond donors (Lipinski definition) is 1. The summed E-state index contributed by atoms with van der Waals surface area (Å²) in [6, 6.07) is 9.88. The summed E-state index contributed by atoms with van der Waals surface area (Å²) < 4.78 is 1.80. The van der Waals surface area contributed by atoms with Gasteiger partial charge in [0.05, 0.1) is 11.9 Å². The summed E-state index contributed by atoms with van der Waals surface area (Å²) >= 11 is 0. The van der Waals surface area contributed by atoms with Crippen LogP contribution in [0.5, 0.6) is 0 Å². The van der Waals surface area contributed by atoms with E-state index in [1.54, 1.807) is 10.9 Å². The minimum Gasteiger partial charge on any atom is -0.352 e. The first kappa shape index (κ1) is 19.1. The number of para-hydroxylation sites is 1.